The van der Waals surface area contributed by atoms with Crippen LogP contribution < -0.4 is 0 Å². The number of carbonyl (C=O) groups is 1. The van der Waals surface area contributed by atoms with Crippen LogP contribution in [0, 0.1) is 0 Å². The first-order valence-corrected chi connectivity index (χ1v) is 9.05. The van der Waals surface area contributed by atoms with E-state index in [2.05, 4.69) is 39.7 Å². The van der Waals surface area contributed by atoms with Crippen molar-refractivity contribution in [3.8, 4) is 0 Å². The molecule has 0 spiro atoms. The van der Waals surface area contributed by atoms with Crippen LogP contribution in [-0.4, -0.2) is 52.0 Å². The molecule has 1 aliphatic rings. The van der Waals surface area contributed by atoms with Crippen molar-refractivity contribution in [3.05, 3.63) is 59.7 Å². The highest BCUT2D eigenvalue weighted by Crippen LogP contribution is 2.17. The maximum atomic E-state index is 12.8. The molecule has 0 radical (unpaired) electrons. The predicted octanol–water partition coefficient (Wildman–Crippen LogP) is 2.82. The average molecular weight is 350 g/mol. The van der Waals surface area contributed by atoms with Crippen LogP contribution in [0.25, 0.3) is 11.0 Å². The number of morpholine rings is 1. The molecule has 0 unspecified atom stereocenters. The fraction of sp³-hybridized carbons (Fsp3) is 0.350. The van der Waals surface area contributed by atoms with Gasteiger partial charge in [0.05, 0.1) is 12.7 Å². The molecule has 0 saturated carbocycles. The van der Waals surface area contributed by atoms with Crippen LogP contribution in [0.1, 0.15) is 28.8 Å². The Morgan fingerprint density at radius 2 is 2.00 bits per heavy atom. The van der Waals surface area contributed by atoms with Crippen molar-refractivity contribution in [1.82, 2.24) is 20.3 Å². The maximum absolute atomic E-state index is 12.8. The maximum Gasteiger partial charge on any atom is 0.254 e. The number of fused-ring (bicyclic) bond motifs is 1. The van der Waals surface area contributed by atoms with Crippen molar-refractivity contribution in [2.24, 2.45) is 0 Å². The quantitative estimate of drug-likeness (QED) is 0.768. The minimum Gasteiger partial charge on any atom is -0.375 e. The third-order valence-electron chi connectivity index (χ3n) is 4.82. The molecule has 1 fully saturated rings. The van der Waals surface area contributed by atoms with Gasteiger partial charge in [-0.1, -0.05) is 30.3 Å². The van der Waals surface area contributed by atoms with Crippen LogP contribution in [-0.2, 0) is 11.2 Å². The number of rotatable bonds is 5. The second-order valence-electron chi connectivity index (χ2n) is 6.65. The molecule has 26 heavy (non-hydrogen) atoms. The number of aromatic amines is 1. The lowest BCUT2D eigenvalue weighted by Crippen LogP contribution is -2.45. The number of amides is 1. The Bertz CT molecular complexity index is 878. The zero-order chi connectivity index (χ0) is 17.8. The van der Waals surface area contributed by atoms with E-state index >= 15 is 0 Å². The van der Waals surface area contributed by atoms with E-state index in [0.717, 1.165) is 24.8 Å². The van der Waals surface area contributed by atoms with Gasteiger partial charge in [0.1, 0.15) is 11.0 Å². The monoisotopic (exact) mass is 350 g/mol. The van der Waals surface area contributed by atoms with E-state index < -0.39 is 0 Å². The Morgan fingerprint density at radius 3 is 2.88 bits per heavy atom. The summed E-state index contributed by atoms with van der Waals surface area (Å²) in [7, 11) is 0. The number of nitrogens with zero attached hydrogens (tertiary/aromatic N) is 3. The Kier molecular flexibility index (Phi) is 4.93. The van der Waals surface area contributed by atoms with Gasteiger partial charge < -0.3 is 9.64 Å². The SMILES string of the molecule is O=C(c1ccc2n[nH]nc2c1)N1CCO[C@@H](CCCc2ccccc2)C1. The molecule has 134 valence electrons. The van der Waals surface area contributed by atoms with E-state index in [-0.39, 0.29) is 12.0 Å². The first-order valence-electron chi connectivity index (χ1n) is 9.05. The van der Waals surface area contributed by atoms with E-state index in [1.165, 1.54) is 5.56 Å². The lowest BCUT2D eigenvalue weighted by atomic mass is 10.0. The highest BCUT2D eigenvalue weighted by Gasteiger charge is 2.25. The average Bonchev–Trinajstić information content (AvgIpc) is 3.16. The molecule has 0 bridgehead atoms. The summed E-state index contributed by atoms with van der Waals surface area (Å²) in [6.07, 6.45) is 3.16. The first-order chi connectivity index (χ1) is 12.8. The van der Waals surface area contributed by atoms with E-state index in [1.807, 2.05) is 23.1 Å². The van der Waals surface area contributed by atoms with Gasteiger partial charge in [-0.25, -0.2) is 0 Å². The van der Waals surface area contributed by atoms with Gasteiger partial charge in [-0.3, -0.25) is 4.79 Å². The summed E-state index contributed by atoms with van der Waals surface area (Å²) >= 11 is 0. The van der Waals surface area contributed by atoms with Crippen LogP contribution in [0.5, 0.6) is 0 Å². The van der Waals surface area contributed by atoms with Gasteiger partial charge in [-0.05, 0) is 43.0 Å². The molecule has 1 N–H and O–H groups in total. The smallest absolute Gasteiger partial charge is 0.254 e. The standard InChI is InChI=1S/C20H22N4O2/c25-20(16-9-10-18-19(13-16)22-23-21-18)24-11-12-26-17(14-24)8-4-7-15-5-2-1-3-6-15/h1-3,5-6,9-10,13,17H,4,7-8,11-12,14H2,(H,21,22,23)/t17-/m0/s1. The van der Waals surface area contributed by atoms with Crippen molar-refractivity contribution in [3.63, 3.8) is 0 Å². The van der Waals surface area contributed by atoms with Crippen molar-refractivity contribution < 1.29 is 9.53 Å². The van der Waals surface area contributed by atoms with Crippen LogP contribution in [0.2, 0.25) is 0 Å². The summed E-state index contributed by atoms with van der Waals surface area (Å²) in [6, 6.07) is 15.9. The molecule has 6 nitrogen and oxygen atoms in total. The number of hydrogen-bond donors (Lipinski definition) is 1. The largest absolute Gasteiger partial charge is 0.375 e. The van der Waals surface area contributed by atoms with Gasteiger partial charge in [0.2, 0.25) is 0 Å². The predicted molar refractivity (Wildman–Crippen MR) is 98.9 cm³/mol. The molecule has 1 amide bonds. The summed E-state index contributed by atoms with van der Waals surface area (Å²) in [4.78, 5) is 14.7. The van der Waals surface area contributed by atoms with Gasteiger partial charge in [-0.2, -0.15) is 15.4 Å². The summed E-state index contributed by atoms with van der Waals surface area (Å²) in [5, 5.41) is 10.7. The van der Waals surface area contributed by atoms with Gasteiger partial charge >= 0.3 is 0 Å². The summed E-state index contributed by atoms with van der Waals surface area (Å²) in [6.45, 7) is 1.86. The third-order valence-corrected chi connectivity index (χ3v) is 4.82. The normalized spacial score (nSPS) is 17.5. The topological polar surface area (TPSA) is 71.1 Å². The minimum atomic E-state index is 0.0336. The number of ether oxygens (including phenoxy) is 1. The van der Waals surface area contributed by atoms with Crippen LogP contribution in [0.3, 0.4) is 0 Å². The van der Waals surface area contributed by atoms with E-state index in [1.54, 1.807) is 6.07 Å². The molecule has 2 aromatic carbocycles. The van der Waals surface area contributed by atoms with Crippen molar-refractivity contribution in [1.29, 1.82) is 0 Å². The molecule has 1 aromatic heterocycles. The minimum absolute atomic E-state index is 0.0336. The van der Waals surface area contributed by atoms with Gasteiger partial charge in [0.15, 0.2) is 0 Å². The molecule has 4 rings (SSSR count). The molecule has 6 heteroatoms. The molecule has 3 aromatic rings. The number of hydrogen-bond acceptors (Lipinski definition) is 4. The molecule has 1 saturated heterocycles. The lowest BCUT2D eigenvalue weighted by molar-refractivity contribution is -0.0254. The summed E-state index contributed by atoms with van der Waals surface area (Å²) in [5.74, 6) is 0.0336. The number of aryl methyl sites for hydroxylation is 1. The van der Waals surface area contributed by atoms with Gasteiger partial charge in [0.25, 0.3) is 5.91 Å². The van der Waals surface area contributed by atoms with Crippen molar-refractivity contribution >= 4 is 16.9 Å². The number of H-pyrrole nitrogens is 1. The highest BCUT2D eigenvalue weighted by molar-refractivity contribution is 5.97. The molecule has 2 heterocycles. The van der Waals surface area contributed by atoms with Crippen LogP contribution in [0.4, 0.5) is 0 Å². The highest BCUT2D eigenvalue weighted by atomic mass is 16.5. The number of benzene rings is 2. The Hall–Kier alpha value is -2.73. The zero-order valence-electron chi connectivity index (χ0n) is 14.6. The fourth-order valence-electron chi connectivity index (χ4n) is 3.41. The van der Waals surface area contributed by atoms with Crippen LogP contribution >= 0.6 is 0 Å². The molecular weight excluding hydrogens is 328 g/mol. The number of carbonyl (C=O) groups excluding carboxylic acids is 1. The van der Waals surface area contributed by atoms with E-state index in [9.17, 15) is 4.79 Å². The van der Waals surface area contributed by atoms with Crippen LogP contribution in [0.15, 0.2) is 48.5 Å². The summed E-state index contributed by atoms with van der Waals surface area (Å²) < 4.78 is 5.87. The summed E-state index contributed by atoms with van der Waals surface area (Å²) in [5.41, 5.74) is 3.47. The first kappa shape index (κ1) is 16.7. The second-order valence-corrected chi connectivity index (χ2v) is 6.65. The molecule has 0 aliphatic carbocycles. The Morgan fingerprint density at radius 1 is 1.15 bits per heavy atom. The Balaban J connectivity index is 1.34. The number of aromatic nitrogens is 3. The molecule has 1 atom stereocenters. The molecule has 1 aliphatic heterocycles. The fourth-order valence-corrected chi connectivity index (χ4v) is 3.41. The lowest BCUT2D eigenvalue weighted by Gasteiger charge is -2.33. The zero-order valence-corrected chi connectivity index (χ0v) is 14.6. The van der Waals surface area contributed by atoms with Gasteiger partial charge in [-0.15, -0.1) is 0 Å². The van der Waals surface area contributed by atoms with Gasteiger partial charge in [0, 0.05) is 18.7 Å². The van der Waals surface area contributed by atoms with Crippen molar-refractivity contribution in [2.75, 3.05) is 19.7 Å². The third kappa shape index (κ3) is 3.75. The van der Waals surface area contributed by atoms with E-state index in [4.69, 9.17) is 4.74 Å². The molecular formula is C20H22N4O2. The van der Waals surface area contributed by atoms with Crippen molar-refractivity contribution in [2.45, 2.75) is 25.4 Å². The number of nitrogens with one attached hydrogen (secondary N) is 1. The Labute approximate surface area is 152 Å². The van der Waals surface area contributed by atoms with E-state index in [0.29, 0.717) is 30.8 Å². The second kappa shape index (κ2) is 7.66.